The molecule has 1 N–H and O–H groups in total. The summed E-state index contributed by atoms with van der Waals surface area (Å²) >= 11 is 1.54. The molecule has 0 saturated carbocycles. The number of hydrogen-bond acceptors (Lipinski definition) is 7. The SMILES string of the molecule is O=c1nc(-c2ccccc2)sc2ccccc12.[O-][Cl+3]([O-])([O-])O. The maximum atomic E-state index is 11.9. The molecule has 8 heteroatoms. The van der Waals surface area contributed by atoms with Crippen molar-refractivity contribution in [3.63, 3.8) is 0 Å². The number of rotatable bonds is 1. The second kappa shape index (κ2) is 6.93. The number of fused-ring (bicyclic) bond motifs is 1. The second-order valence-electron chi connectivity index (χ2n) is 4.08. The van der Waals surface area contributed by atoms with E-state index in [-0.39, 0.29) is 5.56 Å². The van der Waals surface area contributed by atoms with Gasteiger partial charge in [-0.3, -0.25) is 4.79 Å². The van der Waals surface area contributed by atoms with Crippen molar-refractivity contribution in [3.05, 3.63) is 65.0 Å². The molecule has 0 aliphatic heterocycles. The number of benzene rings is 2. The number of halogens is 1. The van der Waals surface area contributed by atoms with Crippen LogP contribution >= 0.6 is 11.3 Å². The van der Waals surface area contributed by atoms with Crippen molar-refractivity contribution < 1.29 is 28.9 Å². The molecule has 1 aromatic heterocycles. The molecule has 22 heavy (non-hydrogen) atoms. The summed E-state index contributed by atoms with van der Waals surface area (Å²) in [6, 6.07) is 17.3. The van der Waals surface area contributed by atoms with Crippen LogP contribution in [0.4, 0.5) is 0 Å². The largest absolute Gasteiger partial charge is 0.279 e. The fraction of sp³-hybridized carbons (Fsp3) is 0. The van der Waals surface area contributed by atoms with Gasteiger partial charge in [0.1, 0.15) is 5.01 Å². The van der Waals surface area contributed by atoms with E-state index in [0.717, 1.165) is 15.3 Å². The first-order chi connectivity index (χ1) is 10.3. The van der Waals surface area contributed by atoms with Gasteiger partial charge in [-0.25, -0.2) is 0 Å². The molecule has 1 heterocycles. The van der Waals surface area contributed by atoms with E-state index in [4.69, 9.17) is 18.6 Å². The van der Waals surface area contributed by atoms with Crippen molar-refractivity contribution in [2.75, 3.05) is 0 Å². The second-order valence-corrected chi connectivity index (χ2v) is 5.91. The van der Waals surface area contributed by atoms with Crippen molar-refractivity contribution >= 4 is 21.4 Å². The first kappa shape index (κ1) is 16.5. The summed E-state index contributed by atoms with van der Waals surface area (Å²) in [6.07, 6.45) is 0. The maximum Gasteiger partial charge on any atom is 0.279 e. The van der Waals surface area contributed by atoms with Crippen molar-refractivity contribution in [2.24, 2.45) is 0 Å². The molecule has 0 bridgehead atoms. The first-order valence-electron chi connectivity index (χ1n) is 5.93. The summed E-state index contributed by atoms with van der Waals surface area (Å²) in [7, 11) is -4.69. The average Bonchev–Trinajstić information content (AvgIpc) is 2.46. The smallest absolute Gasteiger partial charge is 0.267 e. The minimum Gasteiger partial charge on any atom is -0.267 e. The van der Waals surface area contributed by atoms with Gasteiger partial charge in [0.15, 0.2) is 0 Å². The molecular formula is C14H10ClNO5S. The fourth-order valence-electron chi connectivity index (χ4n) is 1.72. The standard InChI is InChI=1S/C14H9NOS.ClHO4/c16-13-11-8-4-5-9-12(11)17-14(15-13)10-6-2-1-3-7-10;2-1(3,4)5/h1-9H;(H,2,3,4,5). The van der Waals surface area contributed by atoms with Crippen LogP contribution in [0.1, 0.15) is 0 Å². The quantitative estimate of drug-likeness (QED) is 0.620. The van der Waals surface area contributed by atoms with Gasteiger partial charge in [-0.15, -0.1) is 11.3 Å². The molecule has 0 unspecified atom stereocenters. The molecule has 0 fully saturated rings. The Morgan fingerprint density at radius 2 is 1.50 bits per heavy atom. The normalized spacial score (nSPS) is 10.9. The summed E-state index contributed by atoms with van der Waals surface area (Å²) in [5.74, 6) is 0. The summed E-state index contributed by atoms with van der Waals surface area (Å²) in [4.78, 5) is 16.0. The van der Waals surface area contributed by atoms with Crippen LogP contribution in [-0.4, -0.2) is 9.64 Å². The van der Waals surface area contributed by atoms with Crippen LogP contribution in [0.15, 0.2) is 59.4 Å². The van der Waals surface area contributed by atoms with Gasteiger partial charge in [-0.2, -0.15) is 19.0 Å². The highest BCUT2D eigenvalue weighted by Gasteiger charge is 2.05. The van der Waals surface area contributed by atoms with Crippen molar-refractivity contribution in [1.29, 1.82) is 0 Å². The van der Waals surface area contributed by atoms with Crippen molar-refractivity contribution in [2.45, 2.75) is 0 Å². The molecule has 3 aromatic rings. The van der Waals surface area contributed by atoms with Gasteiger partial charge in [0.2, 0.25) is 0 Å². The van der Waals surface area contributed by atoms with Crippen LogP contribution in [0.2, 0.25) is 0 Å². The highest BCUT2D eigenvalue weighted by molar-refractivity contribution is 7.21. The third-order valence-electron chi connectivity index (χ3n) is 2.55. The van der Waals surface area contributed by atoms with E-state index in [9.17, 15) is 4.79 Å². The Kier molecular flexibility index (Phi) is 5.19. The van der Waals surface area contributed by atoms with Crippen molar-refractivity contribution in [1.82, 2.24) is 4.98 Å². The molecule has 3 rings (SSSR count). The molecule has 0 amide bonds. The average molecular weight is 340 g/mol. The van der Waals surface area contributed by atoms with E-state index in [2.05, 4.69) is 4.98 Å². The van der Waals surface area contributed by atoms with Crippen LogP contribution in [0.25, 0.3) is 20.7 Å². The van der Waals surface area contributed by atoms with Gasteiger partial charge in [-0.05, 0) is 12.1 Å². The zero-order valence-corrected chi connectivity index (χ0v) is 12.6. The lowest BCUT2D eigenvalue weighted by Gasteiger charge is -2.03. The molecule has 6 nitrogen and oxygen atoms in total. The van der Waals surface area contributed by atoms with E-state index >= 15 is 0 Å². The minimum atomic E-state index is -4.69. The van der Waals surface area contributed by atoms with Gasteiger partial charge in [0.25, 0.3) is 5.56 Å². The molecule has 114 valence electrons. The van der Waals surface area contributed by atoms with E-state index < -0.39 is 10.2 Å². The van der Waals surface area contributed by atoms with Crippen LogP contribution in [-0.2, 0) is 0 Å². The Hall–Kier alpha value is -1.87. The number of nitrogens with zero attached hydrogens (tertiary/aromatic N) is 1. The first-order valence-corrected chi connectivity index (χ1v) is 8.01. The van der Waals surface area contributed by atoms with Crippen LogP contribution in [0.3, 0.4) is 0 Å². The Labute approximate surface area is 131 Å². The molecule has 0 aliphatic rings. The summed E-state index contributed by atoms with van der Waals surface area (Å²) in [5, 5.41) is 1.46. The Balaban J connectivity index is 0.000000309. The monoisotopic (exact) mass is 339 g/mol. The summed E-state index contributed by atoms with van der Waals surface area (Å²) < 4.78 is 33.7. The number of hydrogen-bond donors (Lipinski definition) is 1. The Morgan fingerprint density at radius 1 is 0.955 bits per heavy atom. The molecule has 0 spiro atoms. The highest BCUT2D eigenvalue weighted by atomic mass is 35.7. The van der Waals surface area contributed by atoms with Gasteiger partial charge < -0.3 is 0 Å². The van der Waals surface area contributed by atoms with E-state index in [1.54, 1.807) is 11.3 Å². The molecule has 2 aromatic carbocycles. The predicted molar refractivity (Wildman–Crippen MR) is 73.5 cm³/mol. The topological polar surface area (TPSA) is 119 Å². The van der Waals surface area contributed by atoms with E-state index in [1.165, 1.54) is 0 Å². The lowest BCUT2D eigenvalue weighted by molar-refractivity contribution is -1.92. The molecule has 0 saturated heterocycles. The highest BCUT2D eigenvalue weighted by Crippen LogP contribution is 2.25. The lowest BCUT2D eigenvalue weighted by Crippen LogP contribution is -2.58. The van der Waals surface area contributed by atoms with Gasteiger partial charge >= 0.3 is 0 Å². The van der Waals surface area contributed by atoms with Gasteiger partial charge in [-0.1, -0.05) is 42.5 Å². The summed E-state index contributed by atoms with van der Waals surface area (Å²) in [5.41, 5.74) is 0.832. The van der Waals surface area contributed by atoms with Crippen LogP contribution in [0.5, 0.6) is 0 Å². The molecule has 0 radical (unpaired) electrons. The zero-order chi connectivity index (χ0) is 16.2. The van der Waals surface area contributed by atoms with E-state index in [1.807, 2.05) is 54.6 Å². The fourth-order valence-corrected chi connectivity index (χ4v) is 2.72. The van der Waals surface area contributed by atoms with Crippen LogP contribution in [0, 0.1) is 10.2 Å². The predicted octanol–water partition coefficient (Wildman–Crippen LogP) is -0.801. The van der Waals surface area contributed by atoms with Crippen LogP contribution < -0.4 is 19.5 Å². The third kappa shape index (κ3) is 4.85. The molecule has 0 aliphatic carbocycles. The Morgan fingerprint density at radius 3 is 2.14 bits per heavy atom. The Bertz CT molecular complexity index is 811. The molecule has 0 atom stereocenters. The summed E-state index contributed by atoms with van der Waals surface area (Å²) in [6.45, 7) is 0. The van der Waals surface area contributed by atoms with Gasteiger partial charge in [0.05, 0.1) is 20.3 Å². The zero-order valence-electron chi connectivity index (χ0n) is 11.0. The molecular weight excluding hydrogens is 330 g/mol. The van der Waals surface area contributed by atoms with E-state index in [0.29, 0.717) is 5.39 Å². The number of aromatic nitrogens is 1. The lowest BCUT2D eigenvalue weighted by atomic mass is 10.2. The van der Waals surface area contributed by atoms with Crippen molar-refractivity contribution in [3.8, 4) is 10.6 Å². The maximum absolute atomic E-state index is 11.9. The third-order valence-corrected chi connectivity index (χ3v) is 3.64. The minimum absolute atomic E-state index is 0.154. The van der Waals surface area contributed by atoms with Gasteiger partial charge in [0, 0.05) is 10.3 Å².